The molecule has 8 nitrogen and oxygen atoms in total. The molecule has 0 aliphatic carbocycles. The molecule has 1 amide bonds. The highest BCUT2D eigenvalue weighted by Gasteiger charge is 2.28. The van der Waals surface area contributed by atoms with E-state index in [1.165, 1.54) is 24.4 Å². The van der Waals surface area contributed by atoms with Crippen LogP contribution < -0.4 is 14.5 Å². The standard InChI is InChI=1S/C29H24ClN3O5S/c1-21-12-15-24(30)18-27(21)33(39(36,37)26-10-6-3-7-11-26)20-28(34)32-31-19-22-13-16-25(17-14-22)38-29(35)23-8-4-2-5-9-23/h2-19H,20H2,1H3,(H,32,34)/b31-19-. The van der Waals surface area contributed by atoms with Gasteiger partial charge in [0.15, 0.2) is 0 Å². The van der Waals surface area contributed by atoms with E-state index in [1.54, 1.807) is 85.8 Å². The molecule has 0 aliphatic rings. The van der Waals surface area contributed by atoms with E-state index >= 15 is 0 Å². The van der Waals surface area contributed by atoms with Gasteiger partial charge in [0, 0.05) is 5.02 Å². The zero-order chi connectivity index (χ0) is 27.8. The highest BCUT2D eigenvalue weighted by Crippen LogP contribution is 2.29. The normalized spacial score (nSPS) is 11.2. The van der Waals surface area contributed by atoms with Gasteiger partial charge in [0.1, 0.15) is 12.3 Å². The summed E-state index contributed by atoms with van der Waals surface area (Å²) in [5.74, 6) is -0.781. The molecule has 1 N–H and O–H groups in total. The van der Waals surface area contributed by atoms with Gasteiger partial charge in [0.2, 0.25) is 0 Å². The number of rotatable bonds is 9. The summed E-state index contributed by atoms with van der Waals surface area (Å²) in [5.41, 5.74) is 4.33. The molecule has 0 bridgehead atoms. The van der Waals surface area contributed by atoms with Crippen LogP contribution in [-0.4, -0.2) is 33.1 Å². The van der Waals surface area contributed by atoms with Gasteiger partial charge in [-0.05, 0) is 78.7 Å². The minimum atomic E-state index is -4.08. The fourth-order valence-corrected chi connectivity index (χ4v) is 5.24. The number of carbonyl (C=O) groups is 2. The third-order valence-corrected chi connectivity index (χ3v) is 7.57. The summed E-state index contributed by atoms with van der Waals surface area (Å²) in [4.78, 5) is 25.0. The molecule has 0 aromatic heterocycles. The first-order valence-electron chi connectivity index (χ1n) is 11.8. The second-order valence-corrected chi connectivity index (χ2v) is 10.7. The number of hydrazone groups is 1. The Hall–Kier alpha value is -4.47. The molecule has 4 rings (SSSR count). The third-order valence-electron chi connectivity index (χ3n) is 5.56. The average Bonchev–Trinajstić information content (AvgIpc) is 2.95. The quantitative estimate of drug-likeness (QED) is 0.131. The second-order valence-electron chi connectivity index (χ2n) is 8.37. The van der Waals surface area contributed by atoms with E-state index in [-0.39, 0.29) is 10.6 Å². The Balaban J connectivity index is 1.44. The number of nitrogens with one attached hydrogen (secondary N) is 1. The number of nitrogens with zero attached hydrogens (tertiary/aromatic N) is 2. The van der Waals surface area contributed by atoms with Crippen LogP contribution in [-0.2, 0) is 14.8 Å². The first-order valence-corrected chi connectivity index (χ1v) is 13.6. The molecule has 0 unspecified atom stereocenters. The number of benzene rings is 4. The smallest absolute Gasteiger partial charge is 0.343 e. The number of carbonyl (C=O) groups excluding carboxylic acids is 2. The maximum Gasteiger partial charge on any atom is 0.343 e. The molecular weight excluding hydrogens is 538 g/mol. The molecule has 0 aliphatic heterocycles. The van der Waals surface area contributed by atoms with Crippen molar-refractivity contribution in [3.63, 3.8) is 0 Å². The predicted octanol–water partition coefficient (Wildman–Crippen LogP) is 5.21. The van der Waals surface area contributed by atoms with Crippen LogP contribution in [0.5, 0.6) is 5.75 Å². The van der Waals surface area contributed by atoms with E-state index in [2.05, 4.69) is 10.5 Å². The first-order chi connectivity index (χ1) is 18.7. The van der Waals surface area contributed by atoms with E-state index < -0.39 is 28.4 Å². The Morgan fingerprint density at radius 1 is 0.923 bits per heavy atom. The van der Waals surface area contributed by atoms with Crippen LogP contribution >= 0.6 is 11.6 Å². The summed E-state index contributed by atoms with van der Waals surface area (Å²) >= 11 is 6.14. The van der Waals surface area contributed by atoms with E-state index in [9.17, 15) is 18.0 Å². The van der Waals surface area contributed by atoms with Crippen molar-refractivity contribution < 1.29 is 22.7 Å². The molecule has 4 aromatic carbocycles. The minimum absolute atomic E-state index is 0.0359. The van der Waals surface area contributed by atoms with E-state index in [1.807, 2.05) is 6.07 Å². The van der Waals surface area contributed by atoms with Gasteiger partial charge in [0.25, 0.3) is 15.9 Å². The highest BCUT2D eigenvalue weighted by atomic mass is 35.5. The van der Waals surface area contributed by atoms with Crippen molar-refractivity contribution in [3.05, 3.63) is 125 Å². The van der Waals surface area contributed by atoms with Gasteiger partial charge in [-0.15, -0.1) is 0 Å². The molecule has 0 radical (unpaired) electrons. The molecule has 39 heavy (non-hydrogen) atoms. The van der Waals surface area contributed by atoms with Gasteiger partial charge in [0.05, 0.1) is 22.4 Å². The number of ether oxygens (including phenoxy) is 1. The average molecular weight is 562 g/mol. The molecular formula is C29H24ClN3O5S. The summed E-state index contributed by atoms with van der Waals surface area (Å²) in [6, 6.07) is 27.8. The van der Waals surface area contributed by atoms with Crippen molar-refractivity contribution in [2.75, 3.05) is 10.8 Å². The van der Waals surface area contributed by atoms with E-state index in [0.29, 0.717) is 27.5 Å². The first kappa shape index (κ1) is 27.6. The van der Waals surface area contributed by atoms with Crippen LogP contribution in [0.2, 0.25) is 5.02 Å². The summed E-state index contributed by atoms with van der Waals surface area (Å²) in [7, 11) is -4.08. The molecule has 0 heterocycles. The zero-order valence-corrected chi connectivity index (χ0v) is 22.4. The topological polar surface area (TPSA) is 105 Å². The predicted molar refractivity (Wildman–Crippen MR) is 151 cm³/mol. The van der Waals surface area contributed by atoms with Gasteiger partial charge in [-0.1, -0.05) is 54.1 Å². The Morgan fingerprint density at radius 3 is 2.23 bits per heavy atom. The number of hydrogen-bond donors (Lipinski definition) is 1. The van der Waals surface area contributed by atoms with E-state index in [0.717, 1.165) is 4.31 Å². The van der Waals surface area contributed by atoms with Crippen LogP contribution in [0, 0.1) is 6.92 Å². The number of sulfonamides is 1. The monoisotopic (exact) mass is 561 g/mol. The zero-order valence-electron chi connectivity index (χ0n) is 20.8. The molecule has 0 fully saturated rings. The summed E-state index contributed by atoms with van der Waals surface area (Å²) in [5, 5.41) is 4.27. The minimum Gasteiger partial charge on any atom is -0.423 e. The van der Waals surface area contributed by atoms with Crippen molar-refractivity contribution in [2.45, 2.75) is 11.8 Å². The Labute approximate surface area is 231 Å². The fraction of sp³-hybridized carbons (Fsp3) is 0.0690. The summed E-state index contributed by atoms with van der Waals surface area (Å²) in [6.45, 7) is 1.21. The van der Waals surface area contributed by atoms with Gasteiger partial charge in [-0.3, -0.25) is 9.10 Å². The van der Waals surface area contributed by atoms with Crippen LogP contribution in [0.25, 0.3) is 0 Å². The van der Waals surface area contributed by atoms with E-state index in [4.69, 9.17) is 16.3 Å². The number of hydrogen-bond acceptors (Lipinski definition) is 6. The highest BCUT2D eigenvalue weighted by molar-refractivity contribution is 7.92. The lowest BCUT2D eigenvalue weighted by Gasteiger charge is -2.25. The van der Waals surface area contributed by atoms with Gasteiger partial charge in [-0.2, -0.15) is 5.10 Å². The molecule has 10 heteroatoms. The summed E-state index contributed by atoms with van der Waals surface area (Å²) in [6.07, 6.45) is 1.39. The Morgan fingerprint density at radius 2 is 1.56 bits per heavy atom. The van der Waals surface area contributed by atoms with Crippen LogP contribution in [0.3, 0.4) is 0 Å². The van der Waals surface area contributed by atoms with Gasteiger partial charge in [-0.25, -0.2) is 18.6 Å². The number of anilines is 1. The van der Waals surface area contributed by atoms with Crippen LogP contribution in [0.15, 0.2) is 113 Å². The second kappa shape index (κ2) is 12.4. The Kier molecular flexibility index (Phi) is 8.75. The molecule has 0 saturated carbocycles. The molecule has 0 spiro atoms. The van der Waals surface area contributed by atoms with Crippen LogP contribution in [0.4, 0.5) is 5.69 Å². The van der Waals surface area contributed by atoms with Crippen molar-refractivity contribution in [2.24, 2.45) is 5.10 Å². The van der Waals surface area contributed by atoms with Crippen molar-refractivity contribution in [1.82, 2.24) is 5.43 Å². The lowest BCUT2D eigenvalue weighted by atomic mass is 10.2. The van der Waals surface area contributed by atoms with Crippen molar-refractivity contribution in [3.8, 4) is 5.75 Å². The summed E-state index contributed by atoms with van der Waals surface area (Å²) < 4.78 is 33.3. The fourth-order valence-electron chi connectivity index (χ4n) is 3.58. The SMILES string of the molecule is Cc1ccc(Cl)cc1N(CC(=O)N/N=C\c1ccc(OC(=O)c2ccccc2)cc1)S(=O)(=O)c1ccccc1. The van der Waals surface area contributed by atoms with Crippen LogP contribution in [0.1, 0.15) is 21.5 Å². The number of amides is 1. The van der Waals surface area contributed by atoms with Gasteiger partial charge < -0.3 is 4.74 Å². The van der Waals surface area contributed by atoms with Gasteiger partial charge >= 0.3 is 5.97 Å². The maximum absolute atomic E-state index is 13.5. The molecule has 198 valence electrons. The molecule has 4 aromatic rings. The number of halogens is 1. The molecule has 0 saturated heterocycles. The number of aryl methyl sites for hydroxylation is 1. The third kappa shape index (κ3) is 7.10. The number of esters is 1. The maximum atomic E-state index is 13.5. The lowest BCUT2D eigenvalue weighted by Crippen LogP contribution is -2.40. The molecule has 0 atom stereocenters. The van der Waals surface area contributed by atoms with Crippen molar-refractivity contribution >= 4 is 45.4 Å². The van der Waals surface area contributed by atoms with Crippen molar-refractivity contribution in [1.29, 1.82) is 0 Å². The Bertz CT molecular complexity index is 1590. The largest absolute Gasteiger partial charge is 0.423 e. The lowest BCUT2D eigenvalue weighted by molar-refractivity contribution is -0.119.